The largest absolute Gasteiger partial charge is 0.319 e. The first kappa shape index (κ1) is 15.6. The number of hydrogen-bond donors (Lipinski definition) is 1. The summed E-state index contributed by atoms with van der Waals surface area (Å²) in [5.41, 5.74) is 2.60. The number of hydrogen-bond acceptors (Lipinski definition) is 6. The number of rotatable bonds is 4. The van der Waals surface area contributed by atoms with Crippen LogP contribution in [0.5, 0.6) is 0 Å². The number of anilines is 1. The molecule has 2 aromatic heterocycles. The van der Waals surface area contributed by atoms with E-state index in [1.54, 1.807) is 30.6 Å². The molecule has 4 rings (SSSR count). The normalized spacial score (nSPS) is 10.5. The molecule has 8 nitrogen and oxygen atoms in total. The van der Waals surface area contributed by atoms with Crippen molar-refractivity contribution < 1.29 is 4.79 Å². The standard InChI is InChI=1S/C18H13N7O/c26-18(14-7-4-8-16(9-14)25-12-21-23-24-25)22-15-10-19-17(20-11-15)13-5-2-1-3-6-13/h1-12H,(H,22,26). The Hall–Kier alpha value is -3.94. The van der Waals surface area contributed by atoms with Gasteiger partial charge >= 0.3 is 0 Å². The molecule has 0 saturated heterocycles. The first-order chi connectivity index (χ1) is 12.8. The zero-order valence-corrected chi connectivity index (χ0v) is 13.5. The molecule has 0 bridgehead atoms. The van der Waals surface area contributed by atoms with Gasteiger partial charge in [0, 0.05) is 11.1 Å². The fourth-order valence-corrected chi connectivity index (χ4v) is 2.40. The maximum atomic E-state index is 12.5. The van der Waals surface area contributed by atoms with Gasteiger partial charge in [-0.15, -0.1) is 5.10 Å². The summed E-state index contributed by atoms with van der Waals surface area (Å²) in [6, 6.07) is 16.6. The highest BCUT2D eigenvalue weighted by Crippen LogP contribution is 2.16. The van der Waals surface area contributed by atoms with Gasteiger partial charge in [0.2, 0.25) is 0 Å². The van der Waals surface area contributed by atoms with E-state index in [4.69, 9.17) is 0 Å². The van der Waals surface area contributed by atoms with Gasteiger partial charge in [-0.05, 0) is 28.6 Å². The molecule has 0 aliphatic rings. The van der Waals surface area contributed by atoms with Crippen molar-refractivity contribution in [1.82, 2.24) is 30.2 Å². The second-order valence-corrected chi connectivity index (χ2v) is 5.42. The average molecular weight is 343 g/mol. The van der Waals surface area contributed by atoms with E-state index in [-0.39, 0.29) is 5.91 Å². The summed E-state index contributed by atoms with van der Waals surface area (Å²) < 4.78 is 1.48. The molecular formula is C18H13N7O. The SMILES string of the molecule is O=C(Nc1cnc(-c2ccccc2)nc1)c1cccc(-n2cnnn2)c1. The van der Waals surface area contributed by atoms with Crippen molar-refractivity contribution in [3.05, 3.63) is 78.9 Å². The third-order valence-electron chi connectivity index (χ3n) is 3.66. The fourth-order valence-electron chi connectivity index (χ4n) is 2.40. The monoisotopic (exact) mass is 343 g/mol. The van der Waals surface area contributed by atoms with Crippen LogP contribution in [0.1, 0.15) is 10.4 Å². The Morgan fingerprint density at radius 3 is 2.50 bits per heavy atom. The van der Waals surface area contributed by atoms with Crippen LogP contribution in [-0.4, -0.2) is 36.1 Å². The number of benzene rings is 2. The molecule has 0 unspecified atom stereocenters. The zero-order valence-electron chi connectivity index (χ0n) is 13.5. The van der Waals surface area contributed by atoms with Crippen molar-refractivity contribution in [2.75, 3.05) is 5.32 Å². The number of carbonyl (C=O) groups is 1. The number of nitrogens with one attached hydrogen (secondary N) is 1. The Bertz CT molecular complexity index is 1020. The van der Waals surface area contributed by atoms with Crippen molar-refractivity contribution >= 4 is 11.6 Å². The number of tetrazole rings is 1. The fraction of sp³-hybridized carbons (Fsp3) is 0. The molecule has 1 amide bonds. The van der Waals surface area contributed by atoms with Gasteiger partial charge in [-0.2, -0.15) is 0 Å². The van der Waals surface area contributed by atoms with E-state index in [2.05, 4.69) is 30.8 Å². The molecule has 0 spiro atoms. The Kier molecular flexibility index (Phi) is 4.13. The predicted octanol–water partition coefficient (Wildman–Crippen LogP) is 2.37. The molecule has 0 aliphatic heterocycles. The molecule has 2 heterocycles. The third-order valence-corrected chi connectivity index (χ3v) is 3.66. The van der Waals surface area contributed by atoms with E-state index in [0.717, 1.165) is 5.56 Å². The van der Waals surface area contributed by atoms with Crippen LogP contribution in [0.3, 0.4) is 0 Å². The molecule has 0 aliphatic carbocycles. The van der Waals surface area contributed by atoms with Gasteiger partial charge in [0.15, 0.2) is 5.82 Å². The van der Waals surface area contributed by atoms with Gasteiger partial charge in [0.05, 0.1) is 23.8 Å². The van der Waals surface area contributed by atoms with Crippen LogP contribution in [0, 0.1) is 0 Å². The number of aromatic nitrogens is 6. The van der Waals surface area contributed by atoms with Gasteiger partial charge in [-0.25, -0.2) is 14.6 Å². The first-order valence-corrected chi connectivity index (χ1v) is 7.82. The molecule has 0 atom stereocenters. The zero-order chi connectivity index (χ0) is 17.8. The lowest BCUT2D eigenvalue weighted by Gasteiger charge is -2.07. The van der Waals surface area contributed by atoms with E-state index < -0.39 is 0 Å². The third kappa shape index (κ3) is 3.29. The van der Waals surface area contributed by atoms with Gasteiger partial charge in [-0.1, -0.05) is 36.4 Å². The minimum atomic E-state index is -0.268. The van der Waals surface area contributed by atoms with Crippen LogP contribution >= 0.6 is 0 Å². The topological polar surface area (TPSA) is 98.5 Å². The molecule has 126 valence electrons. The van der Waals surface area contributed by atoms with E-state index in [9.17, 15) is 4.79 Å². The molecular weight excluding hydrogens is 330 g/mol. The van der Waals surface area contributed by atoms with Crippen LogP contribution < -0.4 is 5.32 Å². The molecule has 0 saturated carbocycles. The summed E-state index contributed by atoms with van der Waals surface area (Å²) >= 11 is 0. The van der Waals surface area contributed by atoms with Gasteiger partial charge in [-0.3, -0.25) is 4.79 Å². The van der Waals surface area contributed by atoms with Gasteiger partial charge in [0.1, 0.15) is 6.33 Å². The van der Waals surface area contributed by atoms with E-state index in [1.807, 2.05) is 36.4 Å². The highest BCUT2D eigenvalue weighted by atomic mass is 16.1. The number of nitrogens with zero attached hydrogens (tertiary/aromatic N) is 6. The quantitative estimate of drug-likeness (QED) is 0.611. The summed E-state index contributed by atoms with van der Waals surface area (Å²) in [7, 11) is 0. The Labute approximate surface area is 148 Å². The lowest BCUT2D eigenvalue weighted by atomic mass is 10.2. The maximum absolute atomic E-state index is 12.5. The van der Waals surface area contributed by atoms with E-state index in [1.165, 1.54) is 11.0 Å². The highest BCUT2D eigenvalue weighted by Gasteiger charge is 2.09. The van der Waals surface area contributed by atoms with Crippen LogP contribution in [0.25, 0.3) is 17.1 Å². The molecule has 2 aromatic carbocycles. The van der Waals surface area contributed by atoms with Crippen LogP contribution in [0.15, 0.2) is 73.3 Å². The van der Waals surface area contributed by atoms with E-state index >= 15 is 0 Å². The smallest absolute Gasteiger partial charge is 0.255 e. The Balaban J connectivity index is 1.51. The highest BCUT2D eigenvalue weighted by molar-refractivity contribution is 6.04. The molecule has 1 N–H and O–H groups in total. The van der Waals surface area contributed by atoms with Crippen LogP contribution in [0.2, 0.25) is 0 Å². The number of amides is 1. The van der Waals surface area contributed by atoms with Crippen LogP contribution in [-0.2, 0) is 0 Å². The summed E-state index contributed by atoms with van der Waals surface area (Å²) in [4.78, 5) is 21.1. The Morgan fingerprint density at radius 2 is 1.77 bits per heavy atom. The average Bonchev–Trinajstić information content (AvgIpc) is 3.24. The summed E-state index contributed by atoms with van der Waals surface area (Å²) in [6.45, 7) is 0. The van der Waals surface area contributed by atoms with Crippen molar-refractivity contribution in [2.45, 2.75) is 0 Å². The second-order valence-electron chi connectivity index (χ2n) is 5.42. The number of carbonyl (C=O) groups excluding carboxylic acids is 1. The van der Waals surface area contributed by atoms with Crippen molar-refractivity contribution in [1.29, 1.82) is 0 Å². The second kappa shape index (κ2) is 6.89. The van der Waals surface area contributed by atoms with Crippen molar-refractivity contribution in [2.24, 2.45) is 0 Å². The molecule has 0 radical (unpaired) electrons. The van der Waals surface area contributed by atoms with Crippen LogP contribution in [0.4, 0.5) is 5.69 Å². The summed E-state index contributed by atoms with van der Waals surface area (Å²) in [5, 5.41) is 13.8. The van der Waals surface area contributed by atoms with E-state index in [0.29, 0.717) is 22.8 Å². The first-order valence-electron chi connectivity index (χ1n) is 7.82. The summed E-state index contributed by atoms with van der Waals surface area (Å²) in [5.74, 6) is 0.334. The van der Waals surface area contributed by atoms with Gasteiger partial charge in [0.25, 0.3) is 5.91 Å². The molecule has 4 aromatic rings. The molecule has 8 heteroatoms. The predicted molar refractivity (Wildman–Crippen MR) is 94.6 cm³/mol. The minimum Gasteiger partial charge on any atom is -0.319 e. The lowest BCUT2D eigenvalue weighted by Crippen LogP contribution is -2.13. The molecule has 0 fully saturated rings. The van der Waals surface area contributed by atoms with Crippen molar-refractivity contribution in [3.63, 3.8) is 0 Å². The lowest BCUT2D eigenvalue weighted by molar-refractivity contribution is 0.102. The maximum Gasteiger partial charge on any atom is 0.255 e. The van der Waals surface area contributed by atoms with Gasteiger partial charge < -0.3 is 5.32 Å². The Morgan fingerprint density at radius 1 is 0.962 bits per heavy atom. The van der Waals surface area contributed by atoms with Crippen molar-refractivity contribution in [3.8, 4) is 17.1 Å². The summed E-state index contributed by atoms with van der Waals surface area (Å²) in [6.07, 6.45) is 4.63. The molecule has 26 heavy (non-hydrogen) atoms. The minimum absolute atomic E-state index is 0.268.